The Hall–Kier alpha value is -1.65. The zero-order chi connectivity index (χ0) is 12.4. The summed E-state index contributed by atoms with van der Waals surface area (Å²) in [6.07, 6.45) is 2.43. The van der Waals surface area contributed by atoms with Crippen LogP contribution in [0.1, 0.15) is 31.3 Å². The van der Waals surface area contributed by atoms with Crippen LogP contribution in [0.5, 0.6) is 0 Å². The van der Waals surface area contributed by atoms with Crippen molar-refractivity contribution < 1.29 is 9.90 Å². The van der Waals surface area contributed by atoms with Crippen LogP contribution >= 0.6 is 0 Å². The molecule has 0 bridgehead atoms. The Morgan fingerprint density at radius 2 is 2.35 bits per heavy atom. The average Bonchev–Trinajstić information content (AvgIpc) is 2.77. The highest BCUT2D eigenvalue weighted by atomic mass is 16.4. The van der Waals surface area contributed by atoms with Crippen LogP contribution in [0, 0.1) is 6.92 Å². The first-order valence-electron chi connectivity index (χ1n) is 5.96. The second kappa shape index (κ2) is 4.69. The summed E-state index contributed by atoms with van der Waals surface area (Å²) < 4.78 is 0. The minimum Gasteiger partial charge on any atom is -0.480 e. The molecule has 1 N–H and O–H groups in total. The number of anilines is 1. The molecule has 2 rings (SSSR count). The van der Waals surface area contributed by atoms with Crippen molar-refractivity contribution in [1.82, 2.24) is 9.97 Å². The van der Waals surface area contributed by atoms with Gasteiger partial charge in [-0.1, -0.05) is 6.92 Å². The lowest BCUT2D eigenvalue weighted by Gasteiger charge is -2.23. The fourth-order valence-corrected chi connectivity index (χ4v) is 2.24. The summed E-state index contributed by atoms with van der Waals surface area (Å²) in [5.41, 5.74) is 0.962. The lowest BCUT2D eigenvalue weighted by molar-refractivity contribution is -0.138. The van der Waals surface area contributed by atoms with Crippen molar-refractivity contribution in [2.24, 2.45) is 0 Å². The van der Waals surface area contributed by atoms with Gasteiger partial charge in [0.25, 0.3) is 0 Å². The highest BCUT2D eigenvalue weighted by Gasteiger charge is 2.31. The van der Waals surface area contributed by atoms with Gasteiger partial charge in [0, 0.05) is 18.3 Å². The number of aliphatic carboxylic acids is 1. The summed E-state index contributed by atoms with van der Waals surface area (Å²) in [7, 11) is 0. The van der Waals surface area contributed by atoms with Gasteiger partial charge in [-0.15, -0.1) is 0 Å². The van der Waals surface area contributed by atoms with E-state index in [9.17, 15) is 4.79 Å². The van der Waals surface area contributed by atoms with E-state index in [1.54, 1.807) is 0 Å². The lowest BCUT2D eigenvalue weighted by Crippen LogP contribution is -2.36. The summed E-state index contributed by atoms with van der Waals surface area (Å²) in [4.78, 5) is 21.7. The molecule has 1 aromatic rings. The SMILES string of the molecule is CCc1cc(N2CCC[C@H]2C(=O)O)nc(C)n1. The van der Waals surface area contributed by atoms with Crippen LogP contribution in [-0.2, 0) is 11.2 Å². The number of aromatic nitrogens is 2. The molecule has 5 nitrogen and oxygen atoms in total. The smallest absolute Gasteiger partial charge is 0.326 e. The maximum atomic E-state index is 11.1. The number of carboxylic acid groups (broad SMARTS) is 1. The first-order chi connectivity index (χ1) is 8.11. The predicted octanol–water partition coefficient (Wildman–Crippen LogP) is 1.40. The quantitative estimate of drug-likeness (QED) is 0.857. The summed E-state index contributed by atoms with van der Waals surface area (Å²) in [5, 5.41) is 9.16. The van der Waals surface area contributed by atoms with Gasteiger partial charge >= 0.3 is 5.97 Å². The van der Waals surface area contributed by atoms with Crippen molar-refractivity contribution in [3.8, 4) is 0 Å². The van der Waals surface area contributed by atoms with E-state index in [2.05, 4.69) is 9.97 Å². The number of hydrogen-bond acceptors (Lipinski definition) is 4. The molecule has 1 aromatic heterocycles. The van der Waals surface area contributed by atoms with Gasteiger partial charge in [0.15, 0.2) is 0 Å². The third-order valence-electron chi connectivity index (χ3n) is 3.07. The van der Waals surface area contributed by atoms with E-state index < -0.39 is 12.0 Å². The third-order valence-corrected chi connectivity index (χ3v) is 3.07. The van der Waals surface area contributed by atoms with Gasteiger partial charge < -0.3 is 10.0 Å². The molecular weight excluding hydrogens is 218 g/mol. The van der Waals surface area contributed by atoms with Gasteiger partial charge in [-0.2, -0.15) is 0 Å². The topological polar surface area (TPSA) is 66.3 Å². The fourth-order valence-electron chi connectivity index (χ4n) is 2.24. The lowest BCUT2D eigenvalue weighted by atomic mass is 10.2. The number of aryl methyl sites for hydroxylation is 2. The minimum atomic E-state index is -0.767. The van der Waals surface area contributed by atoms with Gasteiger partial charge in [-0.3, -0.25) is 0 Å². The second-order valence-corrected chi connectivity index (χ2v) is 4.31. The summed E-state index contributed by atoms with van der Waals surface area (Å²) in [6.45, 7) is 4.63. The largest absolute Gasteiger partial charge is 0.480 e. The molecule has 0 spiro atoms. The van der Waals surface area contributed by atoms with Crippen LogP contribution in [0.3, 0.4) is 0 Å². The molecule has 1 saturated heterocycles. The van der Waals surface area contributed by atoms with E-state index >= 15 is 0 Å². The number of carbonyl (C=O) groups is 1. The molecule has 1 aliphatic heterocycles. The van der Waals surface area contributed by atoms with Gasteiger partial charge in [0.2, 0.25) is 0 Å². The van der Waals surface area contributed by atoms with E-state index in [1.807, 2.05) is 24.8 Å². The van der Waals surface area contributed by atoms with Gasteiger partial charge in [0.05, 0.1) is 0 Å². The normalized spacial score (nSPS) is 19.6. The molecule has 0 aromatic carbocycles. The zero-order valence-electron chi connectivity index (χ0n) is 10.2. The van der Waals surface area contributed by atoms with Crippen molar-refractivity contribution >= 4 is 11.8 Å². The number of rotatable bonds is 3. The van der Waals surface area contributed by atoms with E-state index in [1.165, 1.54) is 0 Å². The van der Waals surface area contributed by atoms with Gasteiger partial charge in [-0.05, 0) is 26.2 Å². The monoisotopic (exact) mass is 235 g/mol. The Bertz CT molecular complexity index is 434. The summed E-state index contributed by atoms with van der Waals surface area (Å²) in [6, 6.07) is 1.46. The third kappa shape index (κ3) is 2.38. The van der Waals surface area contributed by atoms with Gasteiger partial charge in [-0.25, -0.2) is 14.8 Å². The van der Waals surface area contributed by atoms with Crippen LogP contribution in [0.4, 0.5) is 5.82 Å². The van der Waals surface area contributed by atoms with E-state index in [0.29, 0.717) is 12.2 Å². The Kier molecular flexibility index (Phi) is 3.26. The summed E-state index contributed by atoms with van der Waals surface area (Å²) >= 11 is 0. The van der Waals surface area contributed by atoms with Crippen LogP contribution in [0.15, 0.2) is 6.07 Å². The van der Waals surface area contributed by atoms with Crippen molar-refractivity contribution in [2.45, 2.75) is 39.2 Å². The predicted molar refractivity (Wildman–Crippen MR) is 64.2 cm³/mol. The first kappa shape index (κ1) is 11.8. The van der Waals surface area contributed by atoms with Crippen LogP contribution in [-0.4, -0.2) is 33.6 Å². The molecule has 2 heterocycles. The van der Waals surface area contributed by atoms with Crippen molar-refractivity contribution in [1.29, 1.82) is 0 Å². The minimum absolute atomic E-state index is 0.436. The Morgan fingerprint density at radius 3 is 3.00 bits per heavy atom. The average molecular weight is 235 g/mol. The first-order valence-corrected chi connectivity index (χ1v) is 5.96. The number of carboxylic acids is 1. The van der Waals surface area contributed by atoms with E-state index in [4.69, 9.17) is 5.11 Å². The highest BCUT2D eigenvalue weighted by molar-refractivity contribution is 5.78. The highest BCUT2D eigenvalue weighted by Crippen LogP contribution is 2.24. The van der Waals surface area contributed by atoms with Crippen molar-refractivity contribution in [3.05, 3.63) is 17.6 Å². The second-order valence-electron chi connectivity index (χ2n) is 4.31. The van der Waals surface area contributed by atoms with Crippen LogP contribution in [0.25, 0.3) is 0 Å². The molecule has 5 heteroatoms. The molecule has 0 saturated carbocycles. The molecule has 0 aliphatic carbocycles. The standard InChI is InChI=1S/C12H17N3O2/c1-3-9-7-11(14-8(2)13-9)15-6-4-5-10(15)12(16)17/h7,10H,3-6H2,1-2H3,(H,16,17)/t10-/m0/s1. The van der Waals surface area contributed by atoms with Gasteiger partial charge in [0.1, 0.15) is 17.7 Å². The molecule has 0 amide bonds. The molecule has 1 atom stereocenters. The molecule has 92 valence electrons. The number of hydrogen-bond donors (Lipinski definition) is 1. The molecule has 0 radical (unpaired) electrons. The molecule has 17 heavy (non-hydrogen) atoms. The molecule has 0 unspecified atom stereocenters. The maximum Gasteiger partial charge on any atom is 0.326 e. The Labute approximate surface area is 100 Å². The molecular formula is C12H17N3O2. The van der Waals surface area contributed by atoms with Crippen molar-refractivity contribution in [2.75, 3.05) is 11.4 Å². The van der Waals surface area contributed by atoms with Crippen molar-refractivity contribution in [3.63, 3.8) is 0 Å². The van der Waals surface area contributed by atoms with E-state index in [0.717, 1.165) is 30.9 Å². The Balaban J connectivity index is 2.32. The number of nitrogens with zero attached hydrogens (tertiary/aromatic N) is 3. The maximum absolute atomic E-state index is 11.1. The zero-order valence-corrected chi connectivity index (χ0v) is 10.2. The fraction of sp³-hybridized carbons (Fsp3) is 0.583. The molecule has 1 aliphatic rings. The molecule has 1 fully saturated rings. The van der Waals surface area contributed by atoms with Crippen LogP contribution < -0.4 is 4.90 Å². The Morgan fingerprint density at radius 1 is 1.59 bits per heavy atom. The van der Waals surface area contributed by atoms with Crippen LogP contribution in [0.2, 0.25) is 0 Å². The van der Waals surface area contributed by atoms with E-state index in [-0.39, 0.29) is 0 Å². The summed E-state index contributed by atoms with van der Waals surface area (Å²) in [5.74, 6) is 0.687.